The molecule has 66 valence electrons. The van der Waals surface area contributed by atoms with Crippen LogP contribution in [0.2, 0.25) is 0 Å². The smallest absolute Gasteiger partial charge is 0.126 e. The molecule has 0 fully saturated rings. The molecule has 0 bridgehead atoms. The Kier molecular flexibility index (Phi) is 3.05. The monoisotopic (exact) mass is 170 g/mol. The van der Waals surface area contributed by atoms with Gasteiger partial charge < -0.3 is 9.84 Å². The van der Waals surface area contributed by atoms with Crippen LogP contribution in [-0.4, -0.2) is 18.3 Å². The zero-order chi connectivity index (χ0) is 8.97. The maximum absolute atomic E-state index is 12.6. The number of rotatable bonds is 3. The second-order valence-corrected chi connectivity index (χ2v) is 2.48. The maximum Gasteiger partial charge on any atom is 0.126 e. The third-order valence-electron chi connectivity index (χ3n) is 1.50. The fourth-order valence-electron chi connectivity index (χ4n) is 0.885. The van der Waals surface area contributed by atoms with Gasteiger partial charge in [0, 0.05) is 6.07 Å². The Bertz CT molecular complexity index is 261. The summed E-state index contributed by atoms with van der Waals surface area (Å²) in [5.41, 5.74) is 0.866. The van der Waals surface area contributed by atoms with E-state index in [1.165, 1.54) is 12.1 Å². The molecule has 1 aromatic rings. The summed E-state index contributed by atoms with van der Waals surface area (Å²) in [6.45, 7) is 1.96. The molecule has 1 rings (SSSR count). The van der Waals surface area contributed by atoms with E-state index < -0.39 is 0 Å². The highest BCUT2D eigenvalue weighted by atomic mass is 19.1. The van der Waals surface area contributed by atoms with Crippen molar-refractivity contribution in [2.24, 2.45) is 0 Å². The molecule has 12 heavy (non-hydrogen) atoms. The van der Waals surface area contributed by atoms with E-state index in [9.17, 15) is 4.39 Å². The summed E-state index contributed by atoms with van der Waals surface area (Å²) < 4.78 is 17.7. The largest absolute Gasteiger partial charge is 0.491 e. The molecule has 2 nitrogen and oxygen atoms in total. The van der Waals surface area contributed by atoms with Crippen LogP contribution in [-0.2, 0) is 0 Å². The molecule has 0 saturated carbocycles. The number of benzene rings is 1. The van der Waals surface area contributed by atoms with Gasteiger partial charge in [-0.1, -0.05) is 6.07 Å². The predicted molar refractivity (Wildman–Crippen MR) is 43.7 cm³/mol. The first-order valence-corrected chi connectivity index (χ1v) is 3.74. The standard InChI is InChI=1S/C9H11FO2/c1-7-2-3-8(10)6-9(7)12-5-4-11/h2-3,6,11H,4-5H2,1H3. The number of aryl methyl sites for hydroxylation is 1. The topological polar surface area (TPSA) is 29.5 Å². The van der Waals surface area contributed by atoms with E-state index in [0.717, 1.165) is 5.56 Å². The molecule has 0 atom stereocenters. The number of ether oxygens (including phenoxy) is 1. The number of aliphatic hydroxyl groups excluding tert-OH is 1. The van der Waals surface area contributed by atoms with Gasteiger partial charge in [0.05, 0.1) is 6.61 Å². The van der Waals surface area contributed by atoms with Crippen molar-refractivity contribution in [3.8, 4) is 5.75 Å². The van der Waals surface area contributed by atoms with Gasteiger partial charge in [-0.2, -0.15) is 0 Å². The number of hydrogen-bond donors (Lipinski definition) is 1. The molecule has 0 aromatic heterocycles. The molecule has 1 N–H and O–H groups in total. The number of hydrogen-bond acceptors (Lipinski definition) is 2. The molecular formula is C9H11FO2. The van der Waals surface area contributed by atoms with Crippen molar-refractivity contribution in [3.63, 3.8) is 0 Å². The minimum atomic E-state index is -0.325. The van der Waals surface area contributed by atoms with Gasteiger partial charge >= 0.3 is 0 Å². The van der Waals surface area contributed by atoms with Crippen LogP contribution in [0.4, 0.5) is 4.39 Å². The molecule has 3 heteroatoms. The molecule has 0 unspecified atom stereocenters. The molecule has 0 heterocycles. The summed E-state index contributed by atoms with van der Waals surface area (Å²) in [5.74, 6) is 0.164. The van der Waals surface area contributed by atoms with Crippen molar-refractivity contribution in [1.82, 2.24) is 0 Å². The highest BCUT2D eigenvalue weighted by Crippen LogP contribution is 2.18. The minimum absolute atomic E-state index is 0.0596. The predicted octanol–water partition coefficient (Wildman–Crippen LogP) is 1.51. The van der Waals surface area contributed by atoms with E-state index in [2.05, 4.69) is 0 Å². The van der Waals surface area contributed by atoms with Gasteiger partial charge in [-0.15, -0.1) is 0 Å². The van der Waals surface area contributed by atoms with Gasteiger partial charge in [-0.05, 0) is 18.6 Å². The van der Waals surface area contributed by atoms with E-state index >= 15 is 0 Å². The Labute approximate surface area is 70.6 Å². The summed E-state index contributed by atoms with van der Waals surface area (Å²) in [6.07, 6.45) is 0. The third-order valence-corrected chi connectivity index (χ3v) is 1.50. The molecule has 0 aliphatic rings. The van der Waals surface area contributed by atoms with E-state index in [1.54, 1.807) is 6.07 Å². The zero-order valence-corrected chi connectivity index (χ0v) is 6.88. The molecule has 0 spiro atoms. The summed E-state index contributed by atoms with van der Waals surface area (Å²) in [7, 11) is 0. The Hall–Kier alpha value is -1.09. The van der Waals surface area contributed by atoms with Crippen LogP contribution in [0.15, 0.2) is 18.2 Å². The van der Waals surface area contributed by atoms with Crippen molar-refractivity contribution in [1.29, 1.82) is 0 Å². The molecule has 0 aliphatic heterocycles. The van der Waals surface area contributed by atoms with E-state index in [1.807, 2.05) is 6.92 Å². The van der Waals surface area contributed by atoms with Crippen molar-refractivity contribution in [2.45, 2.75) is 6.92 Å². The van der Waals surface area contributed by atoms with Gasteiger partial charge in [-0.3, -0.25) is 0 Å². The number of aliphatic hydroxyl groups is 1. The first-order chi connectivity index (χ1) is 5.74. The van der Waals surface area contributed by atoms with Crippen molar-refractivity contribution in [3.05, 3.63) is 29.6 Å². The van der Waals surface area contributed by atoms with Crippen molar-refractivity contribution < 1.29 is 14.2 Å². The van der Waals surface area contributed by atoms with Gasteiger partial charge in [0.25, 0.3) is 0 Å². The lowest BCUT2D eigenvalue weighted by Crippen LogP contribution is -2.02. The summed E-state index contributed by atoms with van der Waals surface area (Å²) in [6, 6.07) is 4.33. The van der Waals surface area contributed by atoms with Crippen LogP contribution in [0.5, 0.6) is 5.75 Å². The van der Waals surface area contributed by atoms with Crippen molar-refractivity contribution in [2.75, 3.05) is 13.2 Å². The Balaban J connectivity index is 2.75. The van der Waals surface area contributed by atoms with Crippen LogP contribution in [0.25, 0.3) is 0 Å². The Morgan fingerprint density at radius 3 is 2.92 bits per heavy atom. The molecule has 0 saturated heterocycles. The van der Waals surface area contributed by atoms with E-state index in [0.29, 0.717) is 5.75 Å². The Morgan fingerprint density at radius 1 is 1.50 bits per heavy atom. The lowest BCUT2D eigenvalue weighted by molar-refractivity contribution is 0.200. The highest BCUT2D eigenvalue weighted by molar-refractivity contribution is 5.32. The first-order valence-electron chi connectivity index (χ1n) is 3.74. The van der Waals surface area contributed by atoms with Gasteiger partial charge in [-0.25, -0.2) is 4.39 Å². The fraction of sp³-hybridized carbons (Fsp3) is 0.333. The van der Waals surface area contributed by atoms with Gasteiger partial charge in [0.15, 0.2) is 0 Å². The normalized spacial score (nSPS) is 9.92. The quantitative estimate of drug-likeness (QED) is 0.745. The molecule has 0 radical (unpaired) electrons. The first kappa shape index (κ1) is 9.00. The second-order valence-electron chi connectivity index (χ2n) is 2.48. The zero-order valence-electron chi connectivity index (χ0n) is 6.88. The van der Waals surface area contributed by atoms with Crippen LogP contribution in [0, 0.1) is 12.7 Å². The van der Waals surface area contributed by atoms with Crippen LogP contribution in [0.3, 0.4) is 0 Å². The summed E-state index contributed by atoms with van der Waals surface area (Å²) in [5, 5.41) is 8.47. The molecule has 0 aliphatic carbocycles. The molecule has 1 aromatic carbocycles. The lowest BCUT2D eigenvalue weighted by atomic mass is 10.2. The van der Waals surface area contributed by atoms with Crippen LogP contribution < -0.4 is 4.74 Å². The second kappa shape index (κ2) is 4.07. The Morgan fingerprint density at radius 2 is 2.25 bits per heavy atom. The van der Waals surface area contributed by atoms with Crippen molar-refractivity contribution >= 4 is 0 Å². The fourth-order valence-corrected chi connectivity index (χ4v) is 0.885. The molecule has 0 amide bonds. The average Bonchev–Trinajstić information content (AvgIpc) is 2.07. The van der Waals surface area contributed by atoms with Crippen LogP contribution >= 0.6 is 0 Å². The van der Waals surface area contributed by atoms with E-state index in [4.69, 9.17) is 9.84 Å². The van der Waals surface area contributed by atoms with E-state index in [-0.39, 0.29) is 19.0 Å². The average molecular weight is 170 g/mol. The van der Waals surface area contributed by atoms with Gasteiger partial charge in [0.2, 0.25) is 0 Å². The lowest BCUT2D eigenvalue weighted by Gasteiger charge is -2.06. The maximum atomic E-state index is 12.6. The number of halogens is 1. The summed E-state index contributed by atoms with van der Waals surface area (Å²) >= 11 is 0. The SMILES string of the molecule is Cc1ccc(F)cc1OCCO. The third kappa shape index (κ3) is 2.20. The molecular weight excluding hydrogens is 159 g/mol. The summed E-state index contributed by atoms with van der Waals surface area (Å²) in [4.78, 5) is 0. The minimum Gasteiger partial charge on any atom is -0.491 e. The van der Waals surface area contributed by atoms with Gasteiger partial charge in [0.1, 0.15) is 18.2 Å². The highest BCUT2D eigenvalue weighted by Gasteiger charge is 1.99. The van der Waals surface area contributed by atoms with Crippen LogP contribution in [0.1, 0.15) is 5.56 Å².